The van der Waals surface area contributed by atoms with Crippen LogP contribution in [-0.2, 0) is 14.4 Å². The van der Waals surface area contributed by atoms with Crippen molar-refractivity contribution in [3.8, 4) is 0 Å². The minimum Gasteiger partial charge on any atom is -0.470 e. The van der Waals surface area contributed by atoms with E-state index in [1.165, 1.54) is 19.3 Å². The molecule has 0 spiro atoms. The van der Waals surface area contributed by atoms with Crippen molar-refractivity contribution in [1.82, 2.24) is 10.2 Å². The molecule has 1 amide bonds. The van der Waals surface area contributed by atoms with Crippen LogP contribution in [0.1, 0.15) is 32.1 Å². The Morgan fingerprint density at radius 3 is 2.90 bits per heavy atom. The molecular weight excluding hydrogens is 258 g/mol. The summed E-state index contributed by atoms with van der Waals surface area (Å²) in [4.78, 5) is 19.0. The third-order valence-electron chi connectivity index (χ3n) is 4.23. The fraction of sp³-hybridized carbons (Fsp3) is 0.857. The molecule has 0 aliphatic carbocycles. The molecule has 3 rings (SSSR count). The molecule has 0 radical (unpaired) electrons. The molecule has 2 fully saturated rings. The number of likely N-dealkylation sites (tertiary alicyclic amines) is 1. The Balaban J connectivity index is 1.50. The summed E-state index contributed by atoms with van der Waals surface area (Å²) < 4.78 is 6.00. The Bertz CT molecular complexity index is 370. The van der Waals surface area contributed by atoms with Gasteiger partial charge in [-0.15, -0.1) is 0 Å². The third kappa shape index (κ3) is 3.42. The number of carbonyl (C=O) groups excluding carboxylic acids is 1. The van der Waals surface area contributed by atoms with Gasteiger partial charge in [0.15, 0.2) is 6.61 Å². The second kappa shape index (κ2) is 6.43. The molecule has 0 bridgehead atoms. The molecule has 20 heavy (non-hydrogen) atoms. The predicted octanol–water partition coefficient (Wildman–Crippen LogP) is 0.727. The summed E-state index contributed by atoms with van der Waals surface area (Å²) in [5, 5.41) is 6.91. The summed E-state index contributed by atoms with van der Waals surface area (Å²) >= 11 is 0. The van der Waals surface area contributed by atoms with Crippen LogP contribution in [0.15, 0.2) is 5.16 Å². The smallest absolute Gasteiger partial charge is 0.231 e. The maximum atomic E-state index is 11.2. The van der Waals surface area contributed by atoms with Crippen molar-refractivity contribution >= 4 is 11.8 Å². The van der Waals surface area contributed by atoms with E-state index in [1.807, 2.05) is 0 Å². The average Bonchev–Trinajstić information content (AvgIpc) is 2.49. The molecule has 6 nitrogen and oxygen atoms in total. The maximum Gasteiger partial charge on any atom is 0.231 e. The molecule has 0 aromatic carbocycles. The summed E-state index contributed by atoms with van der Waals surface area (Å²) in [5.74, 6) is 0.943. The summed E-state index contributed by atoms with van der Waals surface area (Å²) in [6.07, 6.45) is 5.31. The lowest BCUT2D eigenvalue weighted by Crippen LogP contribution is -2.45. The van der Waals surface area contributed by atoms with Crippen LogP contribution in [0.25, 0.3) is 0 Å². The minimum absolute atomic E-state index is 0.0678. The number of oxime groups is 1. The highest BCUT2D eigenvalue weighted by Gasteiger charge is 2.30. The molecule has 3 aliphatic rings. The summed E-state index contributed by atoms with van der Waals surface area (Å²) in [7, 11) is 0. The van der Waals surface area contributed by atoms with E-state index in [2.05, 4.69) is 15.4 Å². The number of amides is 1. The van der Waals surface area contributed by atoms with E-state index in [-0.39, 0.29) is 17.9 Å². The van der Waals surface area contributed by atoms with E-state index < -0.39 is 0 Å². The first kappa shape index (κ1) is 13.7. The van der Waals surface area contributed by atoms with Crippen LogP contribution in [0.4, 0.5) is 0 Å². The van der Waals surface area contributed by atoms with Crippen molar-refractivity contribution in [1.29, 1.82) is 0 Å². The normalized spacial score (nSPS) is 31.8. The van der Waals surface area contributed by atoms with E-state index in [1.54, 1.807) is 0 Å². The number of nitrogens with zero attached hydrogens (tertiary/aromatic N) is 2. The van der Waals surface area contributed by atoms with Gasteiger partial charge in [-0.25, -0.2) is 0 Å². The molecule has 2 saturated heterocycles. The Hall–Kier alpha value is -1.30. The monoisotopic (exact) mass is 281 g/mol. The third-order valence-corrected chi connectivity index (χ3v) is 4.23. The number of ether oxygens (including phenoxy) is 1. The Morgan fingerprint density at radius 2 is 2.15 bits per heavy atom. The molecule has 2 unspecified atom stereocenters. The highest BCUT2D eigenvalue weighted by molar-refractivity contribution is 5.83. The van der Waals surface area contributed by atoms with Gasteiger partial charge in [-0.05, 0) is 32.4 Å². The van der Waals surface area contributed by atoms with Crippen LogP contribution >= 0.6 is 0 Å². The van der Waals surface area contributed by atoms with Crippen LogP contribution in [0.5, 0.6) is 0 Å². The number of carbonyl (C=O) groups is 1. The first-order valence-corrected chi connectivity index (χ1v) is 7.67. The van der Waals surface area contributed by atoms with Crippen molar-refractivity contribution in [2.75, 3.05) is 32.8 Å². The van der Waals surface area contributed by atoms with E-state index in [9.17, 15) is 4.79 Å². The number of nitrogens with one attached hydrogen (secondary N) is 1. The van der Waals surface area contributed by atoms with Gasteiger partial charge >= 0.3 is 0 Å². The first-order chi connectivity index (χ1) is 9.81. The molecule has 0 aromatic heterocycles. The highest BCUT2D eigenvalue weighted by Crippen LogP contribution is 2.19. The second-order valence-corrected chi connectivity index (χ2v) is 5.87. The number of hydrogen-bond donors (Lipinski definition) is 1. The van der Waals surface area contributed by atoms with Crippen LogP contribution in [0, 0.1) is 5.92 Å². The lowest BCUT2D eigenvalue weighted by Gasteiger charge is -2.33. The van der Waals surface area contributed by atoms with Crippen molar-refractivity contribution in [2.24, 2.45) is 11.1 Å². The van der Waals surface area contributed by atoms with Crippen LogP contribution in [0.2, 0.25) is 0 Å². The van der Waals surface area contributed by atoms with E-state index >= 15 is 0 Å². The van der Waals surface area contributed by atoms with Crippen molar-refractivity contribution in [2.45, 2.75) is 38.2 Å². The molecule has 3 aliphatic heterocycles. The fourth-order valence-electron chi connectivity index (χ4n) is 3.04. The average molecular weight is 281 g/mol. The summed E-state index contributed by atoms with van der Waals surface area (Å²) in [6, 6.07) is 0. The molecule has 6 heteroatoms. The molecular formula is C14H23N3O3. The second-order valence-electron chi connectivity index (χ2n) is 5.87. The van der Waals surface area contributed by atoms with Crippen molar-refractivity contribution in [3.05, 3.63) is 0 Å². The molecule has 3 heterocycles. The minimum atomic E-state index is 0.0678. The van der Waals surface area contributed by atoms with E-state index in [4.69, 9.17) is 9.57 Å². The molecule has 0 saturated carbocycles. The van der Waals surface area contributed by atoms with Crippen molar-refractivity contribution in [3.63, 3.8) is 0 Å². The van der Waals surface area contributed by atoms with Gasteiger partial charge in [-0.2, -0.15) is 0 Å². The fourth-order valence-corrected chi connectivity index (χ4v) is 3.04. The van der Waals surface area contributed by atoms with Crippen molar-refractivity contribution < 1.29 is 14.4 Å². The lowest BCUT2D eigenvalue weighted by molar-refractivity contribution is -0.122. The van der Waals surface area contributed by atoms with Crippen LogP contribution in [-0.4, -0.2) is 55.6 Å². The Morgan fingerprint density at radius 1 is 1.30 bits per heavy atom. The number of hydrogen-bond acceptors (Lipinski definition) is 5. The van der Waals surface area contributed by atoms with Crippen LogP contribution < -0.4 is 5.32 Å². The number of piperidine rings is 2. The molecule has 2 atom stereocenters. The molecule has 1 N–H and O–H groups in total. The maximum absolute atomic E-state index is 11.2. The van der Waals surface area contributed by atoms with Gasteiger partial charge in [0.1, 0.15) is 6.10 Å². The van der Waals surface area contributed by atoms with Gasteiger partial charge in [0, 0.05) is 19.5 Å². The van der Waals surface area contributed by atoms with Gasteiger partial charge in [-0.1, -0.05) is 11.6 Å². The standard InChI is InChI=1S/C14H23N3O3/c18-13-5-4-11(8-15-13)14-16-19-10-12(20-14)9-17-6-2-1-3-7-17/h11-12H,1-10H2,(H,15,18). The van der Waals surface area contributed by atoms with Gasteiger partial charge < -0.3 is 14.9 Å². The van der Waals surface area contributed by atoms with Gasteiger partial charge in [0.2, 0.25) is 11.8 Å². The number of rotatable bonds is 3. The Labute approximate surface area is 119 Å². The zero-order chi connectivity index (χ0) is 13.8. The van der Waals surface area contributed by atoms with E-state index in [0.717, 1.165) is 26.1 Å². The Kier molecular flexibility index (Phi) is 4.40. The van der Waals surface area contributed by atoms with Crippen LogP contribution in [0.3, 0.4) is 0 Å². The zero-order valence-electron chi connectivity index (χ0n) is 11.8. The summed E-state index contributed by atoms with van der Waals surface area (Å²) in [6.45, 7) is 4.37. The first-order valence-electron chi connectivity index (χ1n) is 7.67. The summed E-state index contributed by atoms with van der Waals surface area (Å²) in [5.41, 5.74) is 0. The van der Waals surface area contributed by atoms with Gasteiger partial charge in [-0.3, -0.25) is 9.69 Å². The lowest BCUT2D eigenvalue weighted by atomic mass is 9.99. The zero-order valence-corrected chi connectivity index (χ0v) is 11.8. The van der Waals surface area contributed by atoms with Gasteiger partial charge in [0.05, 0.1) is 5.92 Å². The van der Waals surface area contributed by atoms with Gasteiger partial charge in [0.25, 0.3) is 0 Å². The largest absolute Gasteiger partial charge is 0.470 e. The predicted molar refractivity (Wildman–Crippen MR) is 74.3 cm³/mol. The molecule has 0 aromatic rings. The topological polar surface area (TPSA) is 63.2 Å². The highest BCUT2D eigenvalue weighted by atomic mass is 16.7. The van der Waals surface area contributed by atoms with E-state index in [0.29, 0.717) is 25.5 Å². The SMILES string of the molecule is O=C1CCC(C2=NOCC(CN3CCCCC3)O2)CN1. The molecule has 112 valence electrons. The quantitative estimate of drug-likeness (QED) is 0.828.